The number of H-pyrrole nitrogens is 1. The van der Waals surface area contributed by atoms with Gasteiger partial charge in [0.25, 0.3) is 0 Å². The van der Waals surface area contributed by atoms with E-state index in [1.807, 2.05) is 10.6 Å². The van der Waals surface area contributed by atoms with Crippen molar-refractivity contribution in [1.29, 1.82) is 0 Å². The van der Waals surface area contributed by atoms with E-state index in [2.05, 4.69) is 29.4 Å². The molecule has 0 bridgehead atoms. The lowest BCUT2D eigenvalue weighted by Gasteiger charge is -2.32. The molecule has 2 aliphatic carbocycles. The van der Waals surface area contributed by atoms with Gasteiger partial charge < -0.3 is 9.88 Å². The van der Waals surface area contributed by atoms with Crippen LogP contribution in [0.3, 0.4) is 0 Å². The summed E-state index contributed by atoms with van der Waals surface area (Å²) in [5.74, 6) is 1.60. The van der Waals surface area contributed by atoms with E-state index in [1.54, 1.807) is 0 Å². The van der Waals surface area contributed by atoms with E-state index in [4.69, 9.17) is 12.2 Å². The summed E-state index contributed by atoms with van der Waals surface area (Å²) >= 11 is 5.28. The Kier molecular flexibility index (Phi) is 4.71. The summed E-state index contributed by atoms with van der Waals surface area (Å²) in [6.45, 7) is 5.73. The van der Waals surface area contributed by atoms with Crippen molar-refractivity contribution < 1.29 is 4.79 Å². The van der Waals surface area contributed by atoms with E-state index in [0.717, 1.165) is 12.2 Å². The van der Waals surface area contributed by atoms with Gasteiger partial charge in [-0.3, -0.25) is 9.89 Å². The van der Waals surface area contributed by atoms with Crippen LogP contribution in [0.2, 0.25) is 0 Å². The van der Waals surface area contributed by atoms with Crippen LogP contribution in [0.1, 0.15) is 64.1 Å². The van der Waals surface area contributed by atoms with Gasteiger partial charge in [0.05, 0.1) is 0 Å². The van der Waals surface area contributed by atoms with E-state index in [9.17, 15) is 4.79 Å². The second-order valence-electron chi connectivity index (χ2n) is 7.36. The molecule has 1 heterocycles. The Morgan fingerprint density at radius 2 is 2.26 bits per heavy atom. The van der Waals surface area contributed by atoms with Gasteiger partial charge >= 0.3 is 0 Å². The van der Waals surface area contributed by atoms with Crippen molar-refractivity contribution in [3.63, 3.8) is 0 Å². The first-order chi connectivity index (χ1) is 11.0. The number of nitrogens with one attached hydrogen (secondary N) is 2. The lowest BCUT2D eigenvalue weighted by Crippen LogP contribution is -2.28. The zero-order valence-corrected chi connectivity index (χ0v) is 14.8. The highest BCUT2D eigenvalue weighted by Crippen LogP contribution is 2.40. The molecular formula is C17H26N4OS. The number of carbonyl (C=O) groups excluding carboxylic acids is 1. The molecule has 0 atom stereocenters. The molecule has 0 spiro atoms. The van der Waals surface area contributed by atoms with Crippen LogP contribution in [-0.2, 0) is 11.3 Å². The summed E-state index contributed by atoms with van der Waals surface area (Å²) in [7, 11) is 0. The van der Waals surface area contributed by atoms with E-state index in [1.165, 1.54) is 37.7 Å². The zero-order chi connectivity index (χ0) is 16.4. The van der Waals surface area contributed by atoms with Crippen LogP contribution in [-0.4, -0.2) is 27.2 Å². The quantitative estimate of drug-likeness (QED) is 0.640. The molecule has 1 aromatic heterocycles. The van der Waals surface area contributed by atoms with Gasteiger partial charge in [0.2, 0.25) is 5.91 Å². The first kappa shape index (κ1) is 16.4. The third-order valence-corrected chi connectivity index (χ3v) is 5.35. The Morgan fingerprint density at radius 3 is 2.96 bits per heavy atom. The Morgan fingerprint density at radius 1 is 1.48 bits per heavy atom. The standard InChI is InChI=1S/C17H26N4OS/c1-17(2)8-4-3-5-13(17)11-14(22)18-9-10-21-15(12-6-7-12)19-20-16(21)23/h11-12H,3-10H2,1-2H3,(H,18,22)(H,20,23)/b13-11-. The Bertz CT molecular complexity index is 666. The lowest BCUT2D eigenvalue weighted by molar-refractivity contribution is -0.116. The maximum absolute atomic E-state index is 12.2. The molecule has 2 aliphatic rings. The van der Waals surface area contributed by atoms with Gasteiger partial charge in [-0.05, 0) is 49.7 Å². The Balaban J connectivity index is 1.55. The Hall–Kier alpha value is -1.43. The predicted octanol–water partition coefficient (Wildman–Crippen LogP) is 3.46. The highest BCUT2D eigenvalue weighted by atomic mass is 32.1. The minimum Gasteiger partial charge on any atom is -0.351 e. The van der Waals surface area contributed by atoms with Gasteiger partial charge in [0, 0.05) is 25.1 Å². The highest BCUT2D eigenvalue weighted by Gasteiger charge is 2.29. The molecule has 2 saturated carbocycles. The largest absolute Gasteiger partial charge is 0.351 e. The van der Waals surface area contributed by atoms with Gasteiger partial charge in [-0.15, -0.1) is 0 Å². The smallest absolute Gasteiger partial charge is 0.244 e. The average molecular weight is 334 g/mol. The second kappa shape index (κ2) is 6.59. The van der Waals surface area contributed by atoms with Crippen LogP contribution in [0.5, 0.6) is 0 Å². The first-order valence-electron chi connectivity index (χ1n) is 8.61. The molecule has 1 aromatic rings. The number of rotatable bonds is 5. The van der Waals surface area contributed by atoms with Crippen molar-refractivity contribution in [3.8, 4) is 0 Å². The summed E-state index contributed by atoms with van der Waals surface area (Å²) < 4.78 is 2.67. The molecular weight excluding hydrogens is 308 g/mol. The molecule has 0 saturated heterocycles. The lowest BCUT2D eigenvalue weighted by atomic mass is 9.73. The molecule has 1 amide bonds. The van der Waals surface area contributed by atoms with E-state index >= 15 is 0 Å². The van der Waals surface area contributed by atoms with Crippen LogP contribution >= 0.6 is 12.2 Å². The molecule has 0 radical (unpaired) electrons. The maximum atomic E-state index is 12.2. The number of hydrogen-bond donors (Lipinski definition) is 2. The minimum absolute atomic E-state index is 0.0120. The molecule has 0 aromatic carbocycles. The topological polar surface area (TPSA) is 62.7 Å². The summed E-state index contributed by atoms with van der Waals surface area (Å²) in [6.07, 6.45) is 8.85. The number of aromatic amines is 1. The minimum atomic E-state index is 0.0120. The van der Waals surface area contributed by atoms with Crippen molar-refractivity contribution in [2.24, 2.45) is 5.41 Å². The molecule has 6 heteroatoms. The van der Waals surface area contributed by atoms with Gasteiger partial charge in [-0.25, -0.2) is 0 Å². The van der Waals surface area contributed by atoms with Crippen molar-refractivity contribution in [3.05, 3.63) is 22.2 Å². The van der Waals surface area contributed by atoms with E-state index < -0.39 is 0 Å². The number of allylic oxidation sites excluding steroid dienone is 1. The maximum Gasteiger partial charge on any atom is 0.244 e. The third kappa shape index (κ3) is 3.91. The van der Waals surface area contributed by atoms with Crippen molar-refractivity contribution in [1.82, 2.24) is 20.1 Å². The van der Waals surface area contributed by atoms with Crippen LogP contribution in [0.4, 0.5) is 0 Å². The number of nitrogens with zero attached hydrogens (tertiary/aromatic N) is 2. The molecule has 126 valence electrons. The zero-order valence-electron chi connectivity index (χ0n) is 14.0. The third-order valence-electron chi connectivity index (χ3n) is 5.04. The normalized spacial score (nSPS) is 22.3. The van der Waals surface area contributed by atoms with Crippen LogP contribution in [0.15, 0.2) is 11.6 Å². The molecule has 2 fully saturated rings. The molecule has 23 heavy (non-hydrogen) atoms. The summed E-state index contributed by atoms with van der Waals surface area (Å²) in [4.78, 5) is 12.2. The SMILES string of the molecule is CC1(C)CCCC/C1=C/C(=O)NCCn1c(C2CC2)n[nH]c1=S. The summed E-state index contributed by atoms with van der Waals surface area (Å²) in [6, 6.07) is 0. The van der Waals surface area contributed by atoms with Crippen LogP contribution in [0, 0.1) is 10.2 Å². The highest BCUT2D eigenvalue weighted by molar-refractivity contribution is 7.71. The molecule has 3 rings (SSSR count). The second-order valence-corrected chi connectivity index (χ2v) is 7.75. The van der Waals surface area contributed by atoms with Gasteiger partial charge in [0.1, 0.15) is 5.82 Å². The monoisotopic (exact) mass is 334 g/mol. The summed E-state index contributed by atoms with van der Waals surface area (Å²) in [5.41, 5.74) is 1.43. The number of carbonyl (C=O) groups is 1. The fourth-order valence-electron chi connectivity index (χ4n) is 3.35. The predicted molar refractivity (Wildman–Crippen MR) is 92.7 cm³/mol. The van der Waals surface area contributed by atoms with Gasteiger partial charge in [0.15, 0.2) is 4.77 Å². The average Bonchev–Trinajstić information content (AvgIpc) is 3.27. The van der Waals surface area contributed by atoms with Crippen molar-refractivity contribution >= 4 is 18.1 Å². The molecule has 0 unspecified atom stereocenters. The van der Waals surface area contributed by atoms with Gasteiger partial charge in [-0.2, -0.15) is 5.10 Å². The summed E-state index contributed by atoms with van der Waals surface area (Å²) in [5, 5.41) is 10.2. The van der Waals surface area contributed by atoms with E-state index in [0.29, 0.717) is 23.8 Å². The Labute approximate surface area is 142 Å². The fourth-order valence-corrected chi connectivity index (χ4v) is 3.58. The van der Waals surface area contributed by atoms with Crippen molar-refractivity contribution in [2.45, 2.75) is 64.8 Å². The molecule has 2 N–H and O–H groups in total. The van der Waals surface area contributed by atoms with Crippen LogP contribution in [0.25, 0.3) is 0 Å². The van der Waals surface area contributed by atoms with Crippen LogP contribution < -0.4 is 5.32 Å². The number of aromatic nitrogens is 3. The van der Waals surface area contributed by atoms with Gasteiger partial charge in [-0.1, -0.05) is 25.8 Å². The first-order valence-corrected chi connectivity index (χ1v) is 9.02. The molecule has 0 aliphatic heterocycles. The van der Waals surface area contributed by atoms with Crippen molar-refractivity contribution in [2.75, 3.05) is 6.54 Å². The number of amides is 1. The number of hydrogen-bond acceptors (Lipinski definition) is 3. The van der Waals surface area contributed by atoms with E-state index in [-0.39, 0.29) is 11.3 Å². The molecule has 5 nitrogen and oxygen atoms in total. The fraction of sp³-hybridized carbons (Fsp3) is 0.706.